The molecule has 0 aromatic carbocycles. The molecular formula is C14H18N4OS. The Balaban J connectivity index is 1.70. The summed E-state index contributed by atoms with van der Waals surface area (Å²) < 4.78 is 1.54. The molecule has 1 aliphatic carbocycles. The number of aromatic nitrogens is 2. The highest BCUT2D eigenvalue weighted by Crippen LogP contribution is 2.30. The average molecular weight is 290 g/mol. The van der Waals surface area contributed by atoms with Gasteiger partial charge in [-0.2, -0.15) is 5.10 Å². The first-order chi connectivity index (χ1) is 9.56. The van der Waals surface area contributed by atoms with Crippen LogP contribution in [0, 0.1) is 6.92 Å². The fraction of sp³-hybridized carbons (Fsp3) is 0.429. The van der Waals surface area contributed by atoms with Crippen LogP contribution in [0.5, 0.6) is 0 Å². The Hall–Kier alpha value is -1.82. The smallest absolute Gasteiger partial charge is 0.271 e. The van der Waals surface area contributed by atoms with Crippen molar-refractivity contribution in [1.82, 2.24) is 15.1 Å². The van der Waals surface area contributed by atoms with Crippen LogP contribution >= 0.6 is 11.3 Å². The van der Waals surface area contributed by atoms with Crippen molar-refractivity contribution in [1.29, 1.82) is 0 Å². The number of hydrogen-bond acceptors (Lipinski definition) is 4. The molecule has 2 heterocycles. The number of nitrogens with two attached hydrogens (primary N) is 1. The summed E-state index contributed by atoms with van der Waals surface area (Å²) in [5, 5.41) is 7.09. The standard InChI is InChI=1S/C14H18N4OS/c1-8-12(15)13(18(2)17-8)14(19)16-7-10-6-9-4-3-5-11(9)20-10/h6H,3-5,7,15H2,1-2H3,(H,16,19). The van der Waals surface area contributed by atoms with Crippen molar-refractivity contribution in [3.05, 3.63) is 32.8 Å². The van der Waals surface area contributed by atoms with Gasteiger partial charge in [0.25, 0.3) is 5.91 Å². The van der Waals surface area contributed by atoms with Crippen LogP contribution in [0.2, 0.25) is 0 Å². The zero-order valence-corrected chi connectivity index (χ0v) is 12.5. The maximum atomic E-state index is 12.2. The van der Waals surface area contributed by atoms with Gasteiger partial charge >= 0.3 is 0 Å². The van der Waals surface area contributed by atoms with E-state index in [1.807, 2.05) is 0 Å². The van der Waals surface area contributed by atoms with Crippen LogP contribution in [0.15, 0.2) is 6.07 Å². The zero-order valence-electron chi connectivity index (χ0n) is 11.7. The Morgan fingerprint density at radius 2 is 2.35 bits per heavy atom. The number of amides is 1. The Labute approximate surface area is 121 Å². The van der Waals surface area contributed by atoms with Crippen LogP contribution < -0.4 is 11.1 Å². The van der Waals surface area contributed by atoms with E-state index in [-0.39, 0.29) is 5.91 Å². The highest BCUT2D eigenvalue weighted by atomic mass is 32.1. The lowest BCUT2D eigenvalue weighted by molar-refractivity contribution is 0.0943. The third-order valence-corrected chi connectivity index (χ3v) is 4.94. The van der Waals surface area contributed by atoms with Crippen molar-refractivity contribution < 1.29 is 4.79 Å². The molecule has 0 saturated carbocycles. The number of aryl methyl sites for hydroxylation is 4. The maximum absolute atomic E-state index is 12.2. The molecule has 0 atom stereocenters. The molecule has 6 heteroatoms. The van der Waals surface area contributed by atoms with Crippen LogP contribution in [0.25, 0.3) is 0 Å². The number of nitrogens with one attached hydrogen (secondary N) is 1. The molecule has 3 rings (SSSR count). The minimum atomic E-state index is -0.167. The quantitative estimate of drug-likeness (QED) is 0.905. The molecule has 3 N–H and O–H groups in total. The molecule has 20 heavy (non-hydrogen) atoms. The van der Waals surface area contributed by atoms with Gasteiger partial charge in [0.15, 0.2) is 0 Å². The van der Waals surface area contributed by atoms with Gasteiger partial charge in [-0.3, -0.25) is 9.48 Å². The first-order valence-electron chi connectivity index (χ1n) is 6.74. The SMILES string of the molecule is Cc1nn(C)c(C(=O)NCc2cc3c(s2)CCC3)c1N. The van der Waals surface area contributed by atoms with E-state index in [0.717, 1.165) is 0 Å². The fourth-order valence-corrected chi connectivity index (χ4v) is 3.87. The molecule has 106 valence electrons. The van der Waals surface area contributed by atoms with E-state index in [1.54, 1.807) is 25.3 Å². The summed E-state index contributed by atoms with van der Waals surface area (Å²) in [6.07, 6.45) is 3.62. The van der Waals surface area contributed by atoms with Gasteiger partial charge in [0.05, 0.1) is 17.9 Å². The second-order valence-corrected chi connectivity index (χ2v) is 6.39. The summed E-state index contributed by atoms with van der Waals surface area (Å²) >= 11 is 1.80. The monoisotopic (exact) mass is 290 g/mol. The molecule has 0 aliphatic heterocycles. The maximum Gasteiger partial charge on any atom is 0.271 e. The number of nitrogen functional groups attached to an aromatic ring is 1. The normalized spacial score (nSPS) is 13.5. The summed E-state index contributed by atoms with van der Waals surface area (Å²) in [5.74, 6) is -0.167. The van der Waals surface area contributed by atoms with Crippen LogP contribution in [0.3, 0.4) is 0 Å². The zero-order chi connectivity index (χ0) is 14.3. The molecule has 2 aromatic heterocycles. The Bertz CT molecular complexity index is 650. The minimum absolute atomic E-state index is 0.167. The summed E-state index contributed by atoms with van der Waals surface area (Å²) in [5.41, 5.74) is 8.93. The van der Waals surface area contributed by atoms with Gasteiger partial charge in [-0.25, -0.2) is 0 Å². The van der Waals surface area contributed by atoms with E-state index < -0.39 is 0 Å². The molecule has 0 bridgehead atoms. The molecule has 0 fully saturated rings. The van der Waals surface area contributed by atoms with Gasteiger partial charge in [0.2, 0.25) is 0 Å². The average Bonchev–Trinajstić information content (AvgIpc) is 3.02. The first kappa shape index (κ1) is 13.2. The number of rotatable bonds is 3. The third-order valence-electron chi connectivity index (χ3n) is 3.70. The molecule has 0 unspecified atom stereocenters. The second kappa shape index (κ2) is 4.94. The topological polar surface area (TPSA) is 72.9 Å². The highest BCUT2D eigenvalue weighted by Gasteiger charge is 2.19. The van der Waals surface area contributed by atoms with Crippen molar-refractivity contribution >= 4 is 22.9 Å². The molecular weight excluding hydrogens is 272 g/mol. The van der Waals surface area contributed by atoms with Crippen molar-refractivity contribution in [3.8, 4) is 0 Å². The van der Waals surface area contributed by atoms with Crippen LogP contribution in [0.4, 0.5) is 5.69 Å². The van der Waals surface area contributed by atoms with Gasteiger partial charge in [-0.1, -0.05) is 0 Å². The fourth-order valence-electron chi connectivity index (χ4n) is 2.67. The van der Waals surface area contributed by atoms with Gasteiger partial charge in [0.1, 0.15) is 5.69 Å². The Morgan fingerprint density at radius 3 is 3.00 bits per heavy atom. The number of hydrogen-bond donors (Lipinski definition) is 2. The molecule has 5 nitrogen and oxygen atoms in total. The first-order valence-corrected chi connectivity index (χ1v) is 7.55. The Kier molecular flexibility index (Phi) is 3.25. The number of fused-ring (bicyclic) bond motifs is 1. The Morgan fingerprint density at radius 1 is 1.55 bits per heavy atom. The van der Waals surface area contributed by atoms with Crippen molar-refractivity contribution in [2.45, 2.75) is 32.7 Å². The summed E-state index contributed by atoms with van der Waals surface area (Å²) in [4.78, 5) is 14.9. The van der Waals surface area contributed by atoms with Crippen LogP contribution in [-0.4, -0.2) is 15.7 Å². The number of nitrogens with zero attached hydrogens (tertiary/aromatic N) is 2. The van der Waals surface area contributed by atoms with Crippen LogP contribution in [-0.2, 0) is 26.4 Å². The number of carbonyl (C=O) groups excluding carboxylic acids is 1. The molecule has 1 amide bonds. The predicted octanol–water partition coefficient (Wildman–Crippen LogP) is 1.79. The van der Waals surface area contributed by atoms with E-state index in [2.05, 4.69) is 16.5 Å². The van der Waals surface area contributed by atoms with Crippen molar-refractivity contribution in [2.24, 2.45) is 7.05 Å². The van der Waals surface area contributed by atoms with Gasteiger partial charge in [0, 0.05) is 16.8 Å². The largest absolute Gasteiger partial charge is 0.395 e. The van der Waals surface area contributed by atoms with Gasteiger partial charge in [-0.15, -0.1) is 11.3 Å². The molecule has 0 saturated heterocycles. The lowest BCUT2D eigenvalue weighted by atomic mass is 10.2. The van der Waals surface area contributed by atoms with E-state index in [0.29, 0.717) is 23.6 Å². The molecule has 2 aromatic rings. The van der Waals surface area contributed by atoms with Crippen molar-refractivity contribution in [3.63, 3.8) is 0 Å². The number of carbonyl (C=O) groups is 1. The summed E-state index contributed by atoms with van der Waals surface area (Å²) in [6.45, 7) is 2.36. The minimum Gasteiger partial charge on any atom is -0.395 e. The molecule has 0 spiro atoms. The predicted molar refractivity (Wildman–Crippen MR) is 79.9 cm³/mol. The lowest BCUT2D eigenvalue weighted by Gasteiger charge is -2.05. The summed E-state index contributed by atoms with van der Waals surface area (Å²) in [7, 11) is 1.73. The number of thiophene rings is 1. The molecule has 0 radical (unpaired) electrons. The number of anilines is 1. The second-order valence-electron chi connectivity index (χ2n) is 5.17. The van der Waals surface area contributed by atoms with Gasteiger partial charge in [-0.05, 0) is 37.8 Å². The van der Waals surface area contributed by atoms with E-state index in [1.165, 1.54) is 39.3 Å². The van der Waals surface area contributed by atoms with Gasteiger partial charge < -0.3 is 11.1 Å². The van der Waals surface area contributed by atoms with E-state index in [9.17, 15) is 4.79 Å². The molecule has 1 aliphatic rings. The van der Waals surface area contributed by atoms with Crippen molar-refractivity contribution in [2.75, 3.05) is 5.73 Å². The van der Waals surface area contributed by atoms with E-state index in [4.69, 9.17) is 5.73 Å². The summed E-state index contributed by atoms with van der Waals surface area (Å²) in [6, 6.07) is 2.21. The third kappa shape index (κ3) is 2.20. The lowest BCUT2D eigenvalue weighted by Crippen LogP contribution is -2.25. The van der Waals surface area contributed by atoms with E-state index >= 15 is 0 Å². The highest BCUT2D eigenvalue weighted by molar-refractivity contribution is 7.12. The van der Waals surface area contributed by atoms with Crippen LogP contribution in [0.1, 0.15) is 37.9 Å².